The molecule has 0 fully saturated rings. The first-order chi connectivity index (χ1) is 9.65. The van der Waals surface area contributed by atoms with Gasteiger partial charge >= 0.3 is 0 Å². The van der Waals surface area contributed by atoms with E-state index < -0.39 is 0 Å². The molecule has 0 bridgehead atoms. The monoisotopic (exact) mass is 287 g/mol. The van der Waals surface area contributed by atoms with Gasteiger partial charge in [0.15, 0.2) is 16.7 Å². The van der Waals surface area contributed by atoms with Crippen LogP contribution in [-0.4, -0.2) is 25.9 Å². The van der Waals surface area contributed by atoms with Crippen molar-refractivity contribution in [2.75, 3.05) is 5.32 Å². The van der Waals surface area contributed by atoms with E-state index in [0.29, 0.717) is 11.5 Å². The van der Waals surface area contributed by atoms with Crippen LogP contribution in [0, 0.1) is 0 Å². The number of benzene rings is 1. The highest BCUT2D eigenvalue weighted by molar-refractivity contribution is 6.29. The third-order valence-electron chi connectivity index (χ3n) is 2.85. The zero-order valence-corrected chi connectivity index (χ0v) is 11.3. The first-order valence-corrected chi connectivity index (χ1v) is 6.25. The number of hydrogen-bond donors (Lipinski definition) is 1. The Hall–Kier alpha value is -2.47. The van der Waals surface area contributed by atoms with E-state index in [9.17, 15) is 4.79 Å². The molecule has 20 heavy (non-hydrogen) atoms. The number of fused-ring (bicyclic) bond motifs is 1. The number of nitrogens with zero attached hydrogens (tertiary/aromatic N) is 4. The molecule has 7 heteroatoms. The second-order valence-electron chi connectivity index (χ2n) is 4.18. The topological polar surface area (TPSA) is 72.7 Å². The molecule has 1 aromatic carbocycles. The van der Waals surface area contributed by atoms with Crippen molar-refractivity contribution in [2.24, 2.45) is 7.05 Å². The van der Waals surface area contributed by atoms with Gasteiger partial charge in [0, 0.05) is 12.4 Å². The van der Waals surface area contributed by atoms with Crippen LogP contribution in [-0.2, 0) is 7.05 Å². The largest absolute Gasteiger partial charge is 0.304 e. The molecule has 2 heterocycles. The fourth-order valence-electron chi connectivity index (χ4n) is 1.94. The number of halogens is 1. The Morgan fingerprint density at radius 2 is 2.00 bits per heavy atom. The minimum Gasteiger partial charge on any atom is -0.304 e. The summed E-state index contributed by atoms with van der Waals surface area (Å²) in [6.07, 6.45) is 0. The molecule has 2 aromatic heterocycles. The van der Waals surface area contributed by atoms with E-state index in [0.717, 1.165) is 10.9 Å². The predicted molar refractivity (Wildman–Crippen MR) is 75.7 cm³/mol. The van der Waals surface area contributed by atoms with Crippen LogP contribution in [0.1, 0.15) is 10.5 Å². The van der Waals surface area contributed by atoms with Crippen LogP contribution in [0.25, 0.3) is 10.9 Å². The molecule has 0 spiro atoms. The SMILES string of the molecule is Cn1nc(C(=O)Nc2ccc(Cl)nn2)c2ccccc21. The fourth-order valence-corrected chi connectivity index (χ4v) is 2.04. The number of anilines is 1. The maximum Gasteiger partial charge on any atom is 0.278 e. The molecule has 6 nitrogen and oxygen atoms in total. The van der Waals surface area contributed by atoms with Crippen LogP contribution in [0.2, 0.25) is 5.15 Å². The fraction of sp³-hybridized carbons (Fsp3) is 0.0769. The number of hydrogen-bond acceptors (Lipinski definition) is 4. The summed E-state index contributed by atoms with van der Waals surface area (Å²) in [7, 11) is 1.79. The van der Waals surface area contributed by atoms with Gasteiger partial charge in [0.1, 0.15) is 0 Å². The second kappa shape index (κ2) is 4.90. The molecule has 100 valence electrons. The van der Waals surface area contributed by atoms with Gasteiger partial charge in [-0.25, -0.2) is 0 Å². The van der Waals surface area contributed by atoms with Gasteiger partial charge in [-0.15, -0.1) is 10.2 Å². The molecule has 0 unspecified atom stereocenters. The van der Waals surface area contributed by atoms with Crippen LogP contribution < -0.4 is 5.32 Å². The Balaban J connectivity index is 1.95. The van der Waals surface area contributed by atoms with Crippen molar-refractivity contribution in [1.82, 2.24) is 20.0 Å². The summed E-state index contributed by atoms with van der Waals surface area (Å²) in [6, 6.07) is 10.7. The number of amides is 1. The highest BCUT2D eigenvalue weighted by Gasteiger charge is 2.16. The van der Waals surface area contributed by atoms with E-state index in [2.05, 4.69) is 20.6 Å². The molecule has 0 atom stereocenters. The molecule has 0 aliphatic carbocycles. The summed E-state index contributed by atoms with van der Waals surface area (Å²) in [5.41, 5.74) is 1.24. The van der Waals surface area contributed by atoms with Crippen LogP contribution >= 0.6 is 11.6 Å². The number of aromatic nitrogens is 4. The highest BCUT2D eigenvalue weighted by atomic mass is 35.5. The van der Waals surface area contributed by atoms with E-state index >= 15 is 0 Å². The van der Waals surface area contributed by atoms with Crippen molar-refractivity contribution in [3.05, 3.63) is 47.2 Å². The normalized spacial score (nSPS) is 10.7. The zero-order valence-electron chi connectivity index (χ0n) is 10.5. The molecule has 0 aliphatic heterocycles. The van der Waals surface area contributed by atoms with Crippen LogP contribution in [0.3, 0.4) is 0 Å². The first kappa shape index (κ1) is 12.6. The highest BCUT2D eigenvalue weighted by Crippen LogP contribution is 2.18. The van der Waals surface area contributed by atoms with Gasteiger partial charge < -0.3 is 5.32 Å². The molecular formula is C13H10ClN5O. The third-order valence-corrected chi connectivity index (χ3v) is 3.05. The van der Waals surface area contributed by atoms with Crippen LogP contribution in [0.5, 0.6) is 0 Å². The molecule has 0 saturated heterocycles. The minimum atomic E-state index is -0.335. The summed E-state index contributed by atoms with van der Waals surface area (Å²) >= 11 is 5.64. The number of aryl methyl sites for hydroxylation is 1. The number of carbonyl (C=O) groups excluding carboxylic acids is 1. The Bertz CT molecular complexity index is 781. The molecule has 0 aliphatic rings. The van der Waals surface area contributed by atoms with Crippen LogP contribution in [0.15, 0.2) is 36.4 Å². The van der Waals surface area contributed by atoms with E-state index in [4.69, 9.17) is 11.6 Å². The lowest BCUT2D eigenvalue weighted by atomic mass is 10.2. The minimum absolute atomic E-state index is 0.270. The lowest BCUT2D eigenvalue weighted by Crippen LogP contribution is -2.14. The van der Waals surface area contributed by atoms with E-state index in [-0.39, 0.29) is 11.1 Å². The Morgan fingerprint density at radius 1 is 1.20 bits per heavy atom. The van der Waals surface area contributed by atoms with Crippen molar-refractivity contribution < 1.29 is 4.79 Å². The van der Waals surface area contributed by atoms with Gasteiger partial charge in [-0.1, -0.05) is 29.8 Å². The molecule has 0 saturated carbocycles. The summed E-state index contributed by atoms with van der Waals surface area (Å²) in [5, 5.41) is 15.4. The third kappa shape index (κ3) is 2.21. The van der Waals surface area contributed by atoms with Crippen molar-refractivity contribution in [2.45, 2.75) is 0 Å². The van der Waals surface area contributed by atoms with Gasteiger partial charge in [0.2, 0.25) is 0 Å². The number of para-hydroxylation sites is 1. The molecule has 1 amide bonds. The van der Waals surface area contributed by atoms with Gasteiger partial charge in [-0.05, 0) is 18.2 Å². The average molecular weight is 288 g/mol. The number of carbonyl (C=O) groups is 1. The Morgan fingerprint density at radius 3 is 2.75 bits per heavy atom. The van der Waals surface area contributed by atoms with Gasteiger partial charge in [0.25, 0.3) is 5.91 Å². The van der Waals surface area contributed by atoms with Gasteiger partial charge in [-0.3, -0.25) is 9.48 Å². The van der Waals surface area contributed by atoms with Gasteiger partial charge in [-0.2, -0.15) is 5.10 Å². The van der Waals surface area contributed by atoms with Crippen molar-refractivity contribution >= 4 is 34.2 Å². The summed E-state index contributed by atoms with van der Waals surface area (Å²) < 4.78 is 1.66. The average Bonchev–Trinajstić information content (AvgIpc) is 2.79. The second-order valence-corrected chi connectivity index (χ2v) is 4.57. The molecule has 0 radical (unpaired) electrons. The smallest absolute Gasteiger partial charge is 0.278 e. The Labute approximate surface area is 119 Å². The quantitative estimate of drug-likeness (QED) is 0.785. The predicted octanol–water partition coefficient (Wildman–Crippen LogP) is 2.27. The van der Waals surface area contributed by atoms with Crippen molar-refractivity contribution in [1.29, 1.82) is 0 Å². The molecule has 1 N–H and O–H groups in total. The van der Waals surface area contributed by atoms with E-state index in [1.54, 1.807) is 23.9 Å². The van der Waals surface area contributed by atoms with E-state index in [1.165, 1.54) is 0 Å². The molecule has 3 aromatic rings. The maximum absolute atomic E-state index is 12.2. The lowest BCUT2D eigenvalue weighted by Gasteiger charge is -2.01. The molecule has 3 rings (SSSR count). The number of nitrogens with one attached hydrogen (secondary N) is 1. The van der Waals surface area contributed by atoms with Gasteiger partial charge in [0.05, 0.1) is 5.52 Å². The molecular weight excluding hydrogens is 278 g/mol. The summed E-state index contributed by atoms with van der Waals surface area (Å²) in [4.78, 5) is 12.2. The van der Waals surface area contributed by atoms with Crippen molar-refractivity contribution in [3.8, 4) is 0 Å². The standard InChI is InChI=1S/C13H10ClN5O/c1-19-9-5-3-2-4-8(9)12(18-19)13(20)15-11-7-6-10(14)16-17-11/h2-7H,1H3,(H,15,17,20). The zero-order chi connectivity index (χ0) is 14.1. The number of rotatable bonds is 2. The maximum atomic E-state index is 12.2. The van der Waals surface area contributed by atoms with E-state index in [1.807, 2.05) is 24.3 Å². The van der Waals surface area contributed by atoms with Crippen LogP contribution in [0.4, 0.5) is 5.82 Å². The Kier molecular flexibility index (Phi) is 3.08. The lowest BCUT2D eigenvalue weighted by molar-refractivity contribution is 0.102. The summed E-state index contributed by atoms with van der Waals surface area (Å²) in [5.74, 6) is -0.00689. The van der Waals surface area contributed by atoms with Crippen molar-refractivity contribution in [3.63, 3.8) is 0 Å². The first-order valence-electron chi connectivity index (χ1n) is 5.87. The summed E-state index contributed by atoms with van der Waals surface area (Å²) in [6.45, 7) is 0.